The van der Waals surface area contributed by atoms with E-state index in [9.17, 15) is 0 Å². The van der Waals surface area contributed by atoms with Gasteiger partial charge in [0.25, 0.3) is 0 Å². The summed E-state index contributed by atoms with van der Waals surface area (Å²) in [7, 11) is 0. The number of halogens is 1. The zero-order valence-electron chi connectivity index (χ0n) is 10.3. The largest absolute Gasteiger partial charge is 0.326 e. The first-order chi connectivity index (χ1) is 8.06. The fourth-order valence-electron chi connectivity index (χ4n) is 2.03. The third-order valence-corrected chi connectivity index (χ3v) is 4.10. The van der Waals surface area contributed by atoms with Crippen molar-refractivity contribution in [2.45, 2.75) is 27.3 Å². The van der Waals surface area contributed by atoms with Crippen LogP contribution < -0.4 is 5.73 Å². The van der Waals surface area contributed by atoms with Gasteiger partial charge in [0, 0.05) is 6.54 Å². The van der Waals surface area contributed by atoms with Gasteiger partial charge < -0.3 is 5.73 Å². The maximum Gasteiger partial charge on any atom is 0.0743 e. The highest BCUT2D eigenvalue weighted by Crippen LogP contribution is 2.26. The van der Waals surface area contributed by atoms with E-state index in [0.29, 0.717) is 6.54 Å². The molecule has 17 heavy (non-hydrogen) atoms. The van der Waals surface area contributed by atoms with E-state index in [1.54, 1.807) is 0 Å². The molecule has 3 nitrogen and oxygen atoms in total. The summed E-state index contributed by atoms with van der Waals surface area (Å²) >= 11 is 3.55. The van der Waals surface area contributed by atoms with Gasteiger partial charge in [0.1, 0.15) is 0 Å². The second-order valence-corrected chi connectivity index (χ2v) is 4.98. The molecular formula is C13H16BrN3. The smallest absolute Gasteiger partial charge is 0.0743 e. The Bertz CT molecular complexity index is 558. The predicted molar refractivity (Wildman–Crippen MR) is 73.4 cm³/mol. The lowest BCUT2D eigenvalue weighted by Crippen LogP contribution is -2.09. The van der Waals surface area contributed by atoms with Crippen molar-refractivity contribution < 1.29 is 0 Å². The van der Waals surface area contributed by atoms with E-state index in [-0.39, 0.29) is 0 Å². The molecule has 1 aromatic heterocycles. The molecule has 0 fully saturated rings. The number of aryl methyl sites for hydroxylation is 2. The lowest BCUT2D eigenvalue weighted by molar-refractivity contribution is 0.811. The van der Waals surface area contributed by atoms with Gasteiger partial charge in [-0.05, 0) is 47.8 Å². The first-order valence-corrected chi connectivity index (χ1v) is 6.36. The van der Waals surface area contributed by atoms with Crippen molar-refractivity contribution >= 4 is 15.9 Å². The summed E-state index contributed by atoms with van der Waals surface area (Å²) in [6.07, 6.45) is 0. The van der Waals surface area contributed by atoms with E-state index in [2.05, 4.69) is 40.9 Å². The monoisotopic (exact) mass is 293 g/mol. The summed E-state index contributed by atoms with van der Waals surface area (Å²) in [5.74, 6) is 0. The van der Waals surface area contributed by atoms with Gasteiger partial charge in [0.05, 0.1) is 21.5 Å². The van der Waals surface area contributed by atoms with Crippen LogP contribution in [0.1, 0.15) is 22.5 Å². The van der Waals surface area contributed by atoms with Crippen LogP contribution in [-0.2, 0) is 6.54 Å². The minimum absolute atomic E-state index is 0.521. The Hall–Kier alpha value is -1.13. The number of para-hydroxylation sites is 1. The first-order valence-electron chi connectivity index (χ1n) is 5.57. The van der Waals surface area contributed by atoms with E-state index < -0.39 is 0 Å². The van der Waals surface area contributed by atoms with Gasteiger partial charge >= 0.3 is 0 Å². The number of hydrogen-bond donors (Lipinski definition) is 1. The number of rotatable bonds is 2. The van der Waals surface area contributed by atoms with Crippen LogP contribution in [0.4, 0.5) is 0 Å². The van der Waals surface area contributed by atoms with Crippen LogP contribution in [0.3, 0.4) is 0 Å². The molecule has 0 atom stereocenters. The molecule has 0 aliphatic heterocycles. The summed E-state index contributed by atoms with van der Waals surface area (Å²) in [4.78, 5) is 0. The lowest BCUT2D eigenvalue weighted by Gasteiger charge is -2.13. The average molecular weight is 294 g/mol. The van der Waals surface area contributed by atoms with Crippen molar-refractivity contribution in [1.29, 1.82) is 0 Å². The number of aromatic nitrogens is 2. The third-order valence-electron chi connectivity index (χ3n) is 2.96. The maximum absolute atomic E-state index is 5.80. The summed E-state index contributed by atoms with van der Waals surface area (Å²) in [5.41, 5.74) is 11.3. The zero-order valence-corrected chi connectivity index (χ0v) is 11.9. The number of nitrogens with two attached hydrogens (primary N) is 1. The van der Waals surface area contributed by atoms with Gasteiger partial charge in [-0.15, -0.1) is 0 Å². The predicted octanol–water partition coefficient (Wildman–Crippen LogP) is 3.02. The number of hydrogen-bond acceptors (Lipinski definition) is 2. The lowest BCUT2D eigenvalue weighted by atomic mass is 10.1. The summed E-state index contributed by atoms with van der Waals surface area (Å²) in [6.45, 7) is 6.65. The van der Waals surface area contributed by atoms with Crippen LogP contribution in [-0.4, -0.2) is 9.78 Å². The number of benzene rings is 1. The first kappa shape index (κ1) is 12.3. The minimum atomic E-state index is 0.521. The quantitative estimate of drug-likeness (QED) is 0.925. The molecule has 1 aromatic carbocycles. The standard InChI is InChI=1S/C13H16BrN3/c1-8-5-4-6-11(7-15)13(8)17-10(3)12(14)9(2)16-17/h4-6H,7,15H2,1-3H3. The van der Waals surface area contributed by atoms with E-state index in [0.717, 1.165) is 27.1 Å². The van der Waals surface area contributed by atoms with Gasteiger partial charge in [-0.3, -0.25) is 0 Å². The highest BCUT2D eigenvalue weighted by atomic mass is 79.9. The van der Waals surface area contributed by atoms with Crippen LogP contribution in [0.25, 0.3) is 5.69 Å². The maximum atomic E-state index is 5.80. The van der Waals surface area contributed by atoms with E-state index in [1.165, 1.54) is 5.56 Å². The van der Waals surface area contributed by atoms with Crippen molar-refractivity contribution in [3.8, 4) is 5.69 Å². The average Bonchev–Trinajstić information content (AvgIpc) is 2.56. The Morgan fingerprint density at radius 1 is 1.29 bits per heavy atom. The fraction of sp³-hybridized carbons (Fsp3) is 0.308. The molecule has 0 aliphatic carbocycles. The third kappa shape index (κ3) is 2.03. The SMILES string of the molecule is Cc1cccc(CN)c1-n1nc(C)c(Br)c1C. The molecule has 0 unspecified atom stereocenters. The molecule has 4 heteroatoms. The molecule has 1 heterocycles. The summed E-state index contributed by atoms with van der Waals surface area (Å²) in [6, 6.07) is 6.16. The number of nitrogens with zero attached hydrogens (tertiary/aromatic N) is 2. The normalized spacial score (nSPS) is 10.9. The van der Waals surface area contributed by atoms with Crippen LogP contribution in [0.5, 0.6) is 0 Å². The van der Waals surface area contributed by atoms with E-state index in [1.807, 2.05) is 23.7 Å². The molecule has 0 aliphatic rings. The van der Waals surface area contributed by atoms with E-state index in [4.69, 9.17) is 5.73 Å². The topological polar surface area (TPSA) is 43.8 Å². The highest BCUT2D eigenvalue weighted by molar-refractivity contribution is 9.10. The Morgan fingerprint density at radius 2 is 2.00 bits per heavy atom. The van der Waals surface area contributed by atoms with Crippen molar-refractivity contribution in [1.82, 2.24) is 9.78 Å². The Labute approximate surface area is 110 Å². The van der Waals surface area contributed by atoms with Gasteiger partial charge in [-0.2, -0.15) is 5.10 Å². The van der Waals surface area contributed by atoms with Crippen LogP contribution >= 0.6 is 15.9 Å². The molecule has 0 amide bonds. The molecule has 0 saturated heterocycles. The Balaban J connectivity index is 2.72. The summed E-state index contributed by atoms with van der Waals surface area (Å²) in [5, 5.41) is 4.56. The van der Waals surface area contributed by atoms with Crippen LogP contribution in [0.2, 0.25) is 0 Å². The molecular weight excluding hydrogens is 278 g/mol. The van der Waals surface area contributed by atoms with E-state index >= 15 is 0 Å². The van der Waals surface area contributed by atoms with Crippen molar-refractivity contribution in [2.24, 2.45) is 5.73 Å². The molecule has 2 rings (SSSR count). The van der Waals surface area contributed by atoms with Crippen molar-refractivity contribution in [2.75, 3.05) is 0 Å². The van der Waals surface area contributed by atoms with Gasteiger partial charge in [-0.25, -0.2) is 4.68 Å². The molecule has 0 saturated carbocycles. The molecule has 0 spiro atoms. The second kappa shape index (κ2) is 4.63. The molecule has 2 aromatic rings. The molecule has 90 valence electrons. The Kier molecular flexibility index (Phi) is 3.35. The van der Waals surface area contributed by atoms with Crippen molar-refractivity contribution in [3.63, 3.8) is 0 Å². The van der Waals surface area contributed by atoms with Gasteiger partial charge in [-0.1, -0.05) is 18.2 Å². The zero-order chi connectivity index (χ0) is 12.6. The highest BCUT2D eigenvalue weighted by Gasteiger charge is 2.14. The molecule has 0 bridgehead atoms. The van der Waals surface area contributed by atoms with Crippen molar-refractivity contribution in [3.05, 3.63) is 45.2 Å². The molecule has 0 radical (unpaired) electrons. The van der Waals surface area contributed by atoms with Gasteiger partial charge in [0.2, 0.25) is 0 Å². The molecule has 2 N–H and O–H groups in total. The van der Waals surface area contributed by atoms with Crippen LogP contribution in [0.15, 0.2) is 22.7 Å². The summed E-state index contributed by atoms with van der Waals surface area (Å²) < 4.78 is 3.03. The second-order valence-electron chi connectivity index (χ2n) is 4.18. The van der Waals surface area contributed by atoms with Gasteiger partial charge in [0.15, 0.2) is 0 Å². The van der Waals surface area contributed by atoms with Crippen LogP contribution in [0, 0.1) is 20.8 Å². The fourth-order valence-corrected chi connectivity index (χ4v) is 2.28. The minimum Gasteiger partial charge on any atom is -0.326 e. The Morgan fingerprint density at radius 3 is 2.53 bits per heavy atom.